The molecule has 3 rings (SSSR count). The van der Waals surface area contributed by atoms with Gasteiger partial charge in [0.15, 0.2) is 5.82 Å². The van der Waals surface area contributed by atoms with Crippen LogP contribution in [0.1, 0.15) is 0 Å². The van der Waals surface area contributed by atoms with Gasteiger partial charge in [-0.1, -0.05) is 11.6 Å². The van der Waals surface area contributed by atoms with E-state index in [1.165, 1.54) is 16.8 Å². The van der Waals surface area contributed by atoms with Crippen LogP contribution < -0.4 is 5.73 Å². The van der Waals surface area contributed by atoms with Gasteiger partial charge in [-0.25, -0.2) is 4.39 Å². The Labute approximate surface area is 118 Å². The van der Waals surface area contributed by atoms with Crippen molar-refractivity contribution in [2.75, 3.05) is 5.73 Å². The molecular weight excluding hydrogens is 281 g/mol. The molecule has 0 spiro atoms. The van der Waals surface area contributed by atoms with E-state index in [1.807, 2.05) is 0 Å². The normalized spacial score (nSPS) is 10.7. The van der Waals surface area contributed by atoms with E-state index < -0.39 is 0 Å². The van der Waals surface area contributed by atoms with Gasteiger partial charge in [-0.05, 0) is 52.9 Å². The maximum absolute atomic E-state index is 13.0. The topological polar surface area (TPSA) is 69.6 Å². The molecule has 0 fully saturated rings. The lowest BCUT2D eigenvalue weighted by molar-refractivity contribution is 0.627. The summed E-state index contributed by atoms with van der Waals surface area (Å²) in [4.78, 5) is 0. The van der Waals surface area contributed by atoms with Crippen molar-refractivity contribution in [2.45, 2.75) is 0 Å². The lowest BCUT2D eigenvalue weighted by Gasteiger charge is -2.06. The average molecular weight is 290 g/mol. The Kier molecular flexibility index (Phi) is 3.08. The highest BCUT2D eigenvalue weighted by Gasteiger charge is 2.12. The SMILES string of the molecule is Nc1cc(Cl)cc(-c2nnnn2-c2ccc(F)cc2)c1. The number of nitrogen functional groups attached to an aromatic ring is 1. The summed E-state index contributed by atoms with van der Waals surface area (Å²) in [7, 11) is 0. The van der Waals surface area contributed by atoms with E-state index in [-0.39, 0.29) is 5.82 Å². The van der Waals surface area contributed by atoms with Crippen molar-refractivity contribution in [2.24, 2.45) is 0 Å². The fourth-order valence-corrected chi connectivity index (χ4v) is 2.11. The highest BCUT2D eigenvalue weighted by Crippen LogP contribution is 2.25. The Hall–Kier alpha value is -2.47. The molecule has 100 valence electrons. The van der Waals surface area contributed by atoms with Gasteiger partial charge < -0.3 is 5.73 Å². The highest BCUT2D eigenvalue weighted by molar-refractivity contribution is 6.31. The molecule has 1 heterocycles. The molecule has 7 heteroatoms. The van der Waals surface area contributed by atoms with Crippen molar-refractivity contribution in [1.29, 1.82) is 0 Å². The third-order valence-electron chi connectivity index (χ3n) is 2.72. The largest absolute Gasteiger partial charge is 0.399 e. The van der Waals surface area contributed by atoms with Crippen LogP contribution in [0.15, 0.2) is 42.5 Å². The van der Waals surface area contributed by atoms with Gasteiger partial charge in [0, 0.05) is 16.3 Å². The van der Waals surface area contributed by atoms with E-state index in [9.17, 15) is 4.39 Å². The Bertz CT molecular complexity index is 733. The van der Waals surface area contributed by atoms with Crippen molar-refractivity contribution in [3.63, 3.8) is 0 Å². The van der Waals surface area contributed by atoms with Gasteiger partial charge in [-0.15, -0.1) is 5.10 Å². The zero-order chi connectivity index (χ0) is 14.1. The number of aromatic nitrogens is 4. The highest BCUT2D eigenvalue weighted by atomic mass is 35.5. The van der Waals surface area contributed by atoms with Crippen LogP contribution in [-0.2, 0) is 0 Å². The van der Waals surface area contributed by atoms with Crippen LogP contribution >= 0.6 is 11.6 Å². The van der Waals surface area contributed by atoms with Crippen molar-refractivity contribution >= 4 is 17.3 Å². The summed E-state index contributed by atoms with van der Waals surface area (Å²) in [5.74, 6) is 0.154. The zero-order valence-electron chi connectivity index (χ0n) is 10.2. The first-order valence-corrected chi connectivity index (χ1v) is 6.12. The third-order valence-corrected chi connectivity index (χ3v) is 2.94. The number of hydrogen-bond donors (Lipinski definition) is 1. The Balaban J connectivity index is 2.12. The second-order valence-corrected chi connectivity index (χ2v) is 4.60. The van der Waals surface area contributed by atoms with Crippen LogP contribution in [0.3, 0.4) is 0 Å². The zero-order valence-corrected chi connectivity index (χ0v) is 10.9. The van der Waals surface area contributed by atoms with Crippen molar-refractivity contribution in [3.8, 4) is 17.1 Å². The van der Waals surface area contributed by atoms with Crippen LogP contribution in [0, 0.1) is 5.82 Å². The predicted octanol–water partition coefficient (Wildman–Crippen LogP) is 2.70. The number of anilines is 1. The van der Waals surface area contributed by atoms with Gasteiger partial charge in [-0.2, -0.15) is 4.68 Å². The molecule has 0 atom stereocenters. The van der Waals surface area contributed by atoms with Crippen molar-refractivity contribution in [1.82, 2.24) is 20.2 Å². The molecule has 0 saturated carbocycles. The van der Waals surface area contributed by atoms with Gasteiger partial charge in [0.05, 0.1) is 5.69 Å². The predicted molar refractivity (Wildman–Crippen MR) is 74.0 cm³/mol. The minimum atomic E-state index is -0.324. The molecule has 2 aromatic carbocycles. The van der Waals surface area contributed by atoms with E-state index in [0.29, 0.717) is 27.8 Å². The molecule has 20 heavy (non-hydrogen) atoms. The van der Waals surface area contributed by atoms with Gasteiger partial charge in [0.25, 0.3) is 0 Å². The second-order valence-electron chi connectivity index (χ2n) is 4.16. The standard InChI is InChI=1S/C13H9ClFN5/c14-9-5-8(6-11(16)7-9)13-17-18-19-20(13)12-3-1-10(15)2-4-12/h1-7H,16H2. The summed E-state index contributed by atoms with van der Waals surface area (Å²) < 4.78 is 14.5. The van der Waals surface area contributed by atoms with Crippen LogP contribution in [-0.4, -0.2) is 20.2 Å². The fraction of sp³-hybridized carbons (Fsp3) is 0. The van der Waals surface area contributed by atoms with Crippen molar-refractivity contribution < 1.29 is 4.39 Å². The molecule has 1 aromatic heterocycles. The van der Waals surface area contributed by atoms with E-state index in [1.54, 1.807) is 30.3 Å². The summed E-state index contributed by atoms with van der Waals surface area (Å²) in [5.41, 5.74) is 7.61. The molecule has 0 radical (unpaired) electrons. The Morgan fingerprint density at radius 1 is 1.10 bits per heavy atom. The number of benzene rings is 2. The number of halogens is 2. The summed E-state index contributed by atoms with van der Waals surface area (Å²) in [6, 6.07) is 10.9. The molecule has 5 nitrogen and oxygen atoms in total. The minimum absolute atomic E-state index is 0.324. The molecule has 0 aliphatic rings. The number of rotatable bonds is 2. The van der Waals surface area contributed by atoms with Gasteiger partial charge >= 0.3 is 0 Å². The molecule has 2 N–H and O–H groups in total. The first kappa shape index (κ1) is 12.6. The summed E-state index contributed by atoms with van der Waals surface area (Å²) in [6.07, 6.45) is 0. The maximum Gasteiger partial charge on any atom is 0.187 e. The first-order chi connectivity index (χ1) is 9.63. The minimum Gasteiger partial charge on any atom is -0.399 e. The quantitative estimate of drug-likeness (QED) is 0.736. The average Bonchev–Trinajstić information content (AvgIpc) is 2.87. The molecular formula is C13H9ClFN5. The number of nitrogens with zero attached hydrogens (tertiary/aromatic N) is 4. The van der Waals surface area contributed by atoms with Gasteiger partial charge in [0.1, 0.15) is 5.82 Å². The molecule has 0 unspecified atom stereocenters. The molecule has 0 saturated heterocycles. The van der Waals surface area contributed by atoms with Crippen LogP contribution in [0.2, 0.25) is 5.02 Å². The van der Waals surface area contributed by atoms with Crippen LogP contribution in [0.25, 0.3) is 17.1 Å². The summed E-state index contributed by atoms with van der Waals surface area (Å²) >= 11 is 5.98. The maximum atomic E-state index is 13.0. The summed E-state index contributed by atoms with van der Waals surface area (Å²) in [5, 5.41) is 12.0. The monoisotopic (exact) mass is 289 g/mol. The van der Waals surface area contributed by atoms with Crippen LogP contribution in [0.5, 0.6) is 0 Å². The number of hydrogen-bond acceptors (Lipinski definition) is 4. The van der Waals surface area contributed by atoms with Crippen molar-refractivity contribution in [3.05, 3.63) is 53.3 Å². The Morgan fingerprint density at radius 2 is 1.85 bits per heavy atom. The lowest BCUT2D eigenvalue weighted by atomic mass is 10.2. The Morgan fingerprint density at radius 3 is 2.55 bits per heavy atom. The van der Waals surface area contributed by atoms with E-state index in [2.05, 4.69) is 15.5 Å². The molecule has 0 aliphatic heterocycles. The third kappa shape index (κ3) is 2.33. The fourth-order valence-electron chi connectivity index (χ4n) is 1.86. The number of tetrazole rings is 1. The van der Waals surface area contributed by atoms with Gasteiger partial charge in [-0.3, -0.25) is 0 Å². The van der Waals surface area contributed by atoms with E-state index >= 15 is 0 Å². The smallest absolute Gasteiger partial charge is 0.187 e. The van der Waals surface area contributed by atoms with Crippen LogP contribution in [0.4, 0.5) is 10.1 Å². The molecule has 3 aromatic rings. The second kappa shape index (κ2) is 4.90. The first-order valence-electron chi connectivity index (χ1n) is 5.74. The number of nitrogens with two attached hydrogens (primary N) is 1. The van der Waals surface area contributed by atoms with E-state index in [4.69, 9.17) is 17.3 Å². The molecule has 0 bridgehead atoms. The van der Waals surface area contributed by atoms with E-state index in [0.717, 1.165) is 0 Å². The molecule has 0 amide bonds. The summed E-state index contributed by atoms with van der Waals surface area (Å²) in [6.45, 7) is 0. The lowest BCUT2D eigenvalue weighted by Crippen LogP contribution is -2.00. The molecule has 0 aliphatic carbocycles. The van der Waals surface area contributed by atoms with Gasteiger partial charge in [0.2, 0.25) is 0 Å².